The van der Waals surface area contributed by atoms with Crippen LogP contribution in [0.15, 0.2) is 18.2 Å². The molecule has 1 unspecified atom stereocenters. The van der Waals surface area contributed by atoms with Crippen LogP contribution in [0, 0.1) is 0 Å². The maximum atomic E-state index is 9.17. The first kappa shape index (κ1) is 9.86. The van der Waals surface area contributed by atoms with Crippen molar-refractivity contribution in [1.29, 1.82) is 0 Å². The third-order valence-electron chi connectivity index (χ3n) is 1.85. The molecule has 0 spiro atoms. The number of aromatic hydroxyl groups is 2. The summed E-state index contributed by atoms with van der Waals surface area (Å²) in [6.07, 6.45) is 1.63. The lowest BCUT2D eigenvalue weighted by Crippen LogP contribution is -2.15. The second-order valence-electron chi connectivity index (χ2n) is 3.37. The fourth-order valence-corrected chi connectivity index (χ4v) is 1.20. The summed E-state index contributed by atoms with van der Waals surface area (Å²) in [5, 5.41) is 18.3. The van der Waals surface area contributed by atoms with Crippen LogP contribution in [-0.4, -0.2) is 16.3 Å². The molecule has 4 N–H and O–H groups in total. The second kappa shape index (κ2) is 4.14. The lowest BCUT2D eigenvalue weighted by molar-refractivity contribution is 0.449. The zero-order chi connectivity index (χ0) is 9.84. The van der Waals surface area contributed by atoms with Crippen molar-refractivity contribution in [3.05, 3.63) is 23.8 Å². The third kappa shape index (κ3) is 3.34. The Hall–Kier alpha value is -1.22. The lowest BCUT2D eigenvalue weighted by Gasteiger charge is -2.05. The van der Waals surface area contributed by atoms with Gasteiger partial charge in [0, 0.05) is 12.1 Å². The van der Waals surface area contributed by atoms with E-state index in [0.717, 1.165) is 18.4 Å². The molecule has 0 aromatic heterocycles. The fourth-order valence-electron chi connectivity index (χ4n) is 1.20. The van der Waals surface area contributed by atoms with Crippen LogP contribution in [0.2, 0.25) is 0 Å². The molecule has 13 heavy (non-hydrogen) atoms. The predicted molar refractivity (Wildman–Crippen MR) is 51.7 cm³/mol. The van der Waals surface area contributed by atoms with E-state index in [4.69, 9.17) is 15.9 Å². The zero-order valence-corrected chi connectivity index (χ0v) is 7.70. The summed E-state index contributed by atoms with van der Waals surface area (Å²) < 4.78 is 0. The first-order chi connectivity index (χ1) is 6.08. The highest BCUT2D eigenvalue weighted by molar-refractivity contribution is 5.36. The van der Waals surface area contributed by atoms with E-state index in [-0.39, 0.29) is 17.5 Å². The van der Waals surface area contributed by atoms with Crippen LogP contribution in [0.5, 0.6) is 11.5 Å². The highest BCUT2D eigenvalue weighted by atomic mass is 16.3. The van der Waals surface area contributed by atoms with Crippen LogP contribution in [0.3, 0.4) is 0 Å². The Kier molecular flexibility index (Phi) is 3.14. The molecule has 72 valence electrons. The highest BCUT2D eigenvalue weighted by Crippen LogP contribution is 2.21. The Labute approximate surface area is 77.8 Å². The average molecular weight is 181 g/mol. The van der Waals surface area contributed by atoms with Gasteiger partial charge in [-0.1, -0.05) is 0 Å². The van der Waals surface area contributed by atoms with Gasteiger partial charge in [0.25, 0.3) is 0 Å². The molecule has 0 bridgehead atoms. The average Bonchev–Trinajstić information content (AvgIpc) is 1.99. The monoisotopic (exact) mass is 181 g/mol. The van der Waals surface area contributed by atoms with Crippen molar-refractivity contribution in [2.75, 3.05) is 0 Å². The molecule has 0 saturated carbocycles. The van der Waals surface area contributed by atoms with E-state index in [1.807, 2.05) is 6.92 Å². The largest absolute Gasteiger partial charge is 0.508 e. The molecular weight excluding hydrogens is 166 g/mol. The topological polar surface area (TPSA) is 66.5 Å². The van der Waals surface area contributed by atoms with Crippen LogP contribution in [0.25, 0.3) is 0 Å². The maximum Gasteiger partial charge on any atom is 0.119 e. The molecule has 3 nitrogen and oxygen atoms in total. The summed E-state index contributed by atoms with van der Waals surface area (Å²) >= 11 is 0. The molecule has 0 radical (unpaired) electrons. The molecular formula is C10H15NO2. The molecule has 3 heteroatoms. The van der Waals surface area contributed by atoms with Crippen molar-refractivity contribution in [2.24, 2.45) is 5.73 Å². The van der Waals surface area contributed by atoms with Crippen LogP contribution in [0.1, 0.15) is 18.9 Å². The van der Waals surface area contributed by atoms with Gasteiger partial charge in [-0.3, -0.25) is 0 Å². The molecule has 0 amide bonds. The smallest absolute Gasteiger partial charge is 0.119 e. The molecule has 0 heterocycles. The Balaban J connectivity index is 2.66. The Bertz CT molecular complexity index is 264. The molecule has 1 rings (SSSR count). The number of aryl methyl sites for hydroxylation is 1. The minimum atomic E-state index is 0.0969. The maximum absolute atomic E-state index is 9.17. The number of rotatable bonds is 3. The van der Waals surface area contributed by atoms with Gasteiger partial charge in [0.05, 0.1) is 0 Å². The van der Waals surface area contributed by atoms with E-state index in [0.29, 0.717) is 0 Å². The number of phenolic OH excluding ortho intramolecular Hbond substituents is 2. The van der Waals surface area contributed by atoms with E-state index < -0.39 is 0 Å². The SMILES string of the molecule is CC(N)CCc1cc(O)cc(O)c1. The summed E-state index contributed by atoms with van der Waals surface area (Å²) in [6, 6.07) is 4.74. The van der Waals surface area contributed by atoms with Crippen LogP contribution < -0.4 is 5.73 Å². The van der Waals surface area contributed by atoms with Gasteiger partial charge in [0.15, 0.2) is 0 Å². The molecule has 1 aromatic rings. The molecule has 0 aliphatic carbocycles. The van der Waals surface area contributed by atoms with Gasteiger partial charge in [-0.05, 0) is 37.5 Å². The summed E-state index contributed by atoms with van der Waals surface area (Å²) in [4.78, 5) is 0. The standard InChI is InChI=1S/C10H15NO2/c1-7(11)2-3-8-4-9(12)6-10(13)5-8/h4-7,12-13H,2-3,11H2,1H3. The minimum absolute atomic E-state index is 0.0969. The minimum Gasteiger partial charge on any atom is -0.508 e. The quantitative estimate of drug-likeness (QED) is 0.660. The van der Waals surface area contributed by atoms with E-state index >= 15 is 0 Å². The van der Waals surface area contributed by atoms with Crippen molar-refractivity contribution in [1.82, 2.24) is 0 Å². The van der Waals surface area contributed by atoms with Crippen LogP contribution >= 0.6 is 0 Å². The normalized spacial score (nSPS) is 12.8. The Morgan fingerprint density at radius 1 is 1.23 bits per heavy atom. The number of hydrogen-bond donors (Lipinski definition) is 3. The lowest BCUT2D eigenvalue weighted by atomic mass is 10.1. The molecule has 1 aromatic carbocycles. The van der Waals surface area contributed by atoms with Gasteiger partial charge in [-0.2, -0.15) is 0 Å². The van der Waals surface area contributed by atoms with Gasteiger partial charge < -0.3 is 15.9 Å². The summed E-state index contributed by atoms with van der Waals surface area (Å²) in [7, 11) is 0. The summed E-state index contributed by atoms with van der Waals surface area (Å²) in [5.74, 6) is 0.194. The van der Waals surface area contributed by atoms with E-state index in [9.17, 15) is 0 Å². The second-order valence-corrected chi connectivity index (χ2v) is 3.37. The van der Waals surface area contributed by atoms with E-state index in [1.54, 1.807) is 12.1 Å². The summed E-state index contributed by atoms with van der Waals surface area (Å²) in [5.41, 5.74) is 6.50. The molecule has 0 fully saturated rings. The van der Waals surface area contributed by atoms with Gasteiger partial charge in [-0.25, -0.2) is 0 Å². The third-order valence-corrected chi connectivity index (χ3v) is 1.85. The van der Waals surface area contributed by atoms with Crippen molar-refractivity contribution in [2.45, 2.75) is 25.8 Å². The van der Waals surface area contributed by atoms with Crippen LogP contribution in [0.4, 0.5) is 0 Å². The van der Waals surface area contributed by atoms with E-state index in [1.165, 1.54) is 6.07 Å². The molecule has 0 saturated heterocycles. The molecule has 1 atom stereocenters. The Morgan fingerprint density at radius 2 is 1.77 bits per heavy atom. The number of phenols is 2. The van der Waals surface area contributed by atoms with Gasteiger partial charge in [0.2, 0.25) is 0 Å². The fraction of sp³-hybridized carbons (Fsp3) is 0.400. The van der Waals surface area contributed by atoms with Crippen LogP contribution in [-0.2, 0) is 6.42 Å². The number of hydrogen-bond acceptors (Lipinski definition) is 3. The van der Waals surface area contributed by atoms with E-state index in [2.05, 4.69) is 0 Å². The van der Waals surface area contributed by atoms with Gasteiger partial charge in [-0.15, -0.1) is 0 Å². The predicted octanol–water partition coefficient (Wildman–Crippen LogP) is 1.38. The zero-order valence-electron chi connectivity index (χ0n) is 7.70. The number of benzene rings is 1. The Morgan fingerprint density at radius 3 is 2.23 bits per heavy atom. The molecule has 0 aliphatic rings. The van der Waals surface area contributed by atoms with Gasteiger partial charge >= 0.3 is 0 Å². The van der Waals surface area contributed by atoms with Gasteiger partial charge in [0.1, 0.15) is 11.5 Å². The molecule has 0 aliphatic heterocycles. The first-order valence-electron chi connectivity index (χ1n) is 4.35. The summed E-state index contributed by atoms with van der Waals surface area (Å²) in [6.45, 7) is 1.93. The van der Waals surface area contributed by atoms with Crippen molar-refractivity contribution >= 4 is 0 Å². The van der Waals surface area contributed by atoms with Crippen molar-refractivity contribution < 1.29 is 10.2 Å². The van der Waals surface area contributed by atoms with Crippen molar-refractivity contribution in [3.8, 4) is 11.5 Å². The van der Waals surface area contributed by atoms with Crippen molar-refractivity contribution in [3.63, 3.8) is 0 Å². The number of nitrogens with two attached hydrogens (primary N) is 1. The highest BCUT2D eigenvalue weighted by Gasteiger charge is 2.00. The first-order valence-corrected chi connectivity index (χ1v) is 4.35.